The fourth-order valence-corrected chi connectivity index (χ4v) is 2.59. The molecule has 0 aliphatic carbocycles. The summed E-state index contributed by atoms with van der Waals surface area (Å²) >= 11 is 0. The van der Waals surface area contributed by atoms with Crippen LogP contribution in [0.2, 0.25) is 0 Å². The van der Waals surface area contributed by atoms with Crippen molar-refractivity contribution < 1.29 is 27.3 Å². The van der Waals surface area contributed by atoms with Crippen LogP contribution in [0.1, 0.15) is 16.1 Å². The van der Waals surface area contributed by atoms with E-state index in [0.29, 0.717) is 6.29 Å². The second-order valence-corrected chi connectivity index (χ2v) is 6.98. The zero-order chi connectivity index (χ0) is 17.9. The molecule has 0 saturated heterocycles. The van der Waals surface area contributed by atoms with E-state index in [1.165, 1.54) is 38.4 Å². The van der Waals surface area contributed by atoms with Crippen LogP contribution in [0.5, 0.6) is 5.75 Å². The van der Waals surface area contributed by atoms with E-state index in [1.54, 1.807) is 0 Å². The summed E-state index contributed by atoms with van der Waals surface area (Å²) in [6, 6.07) is 6.31. The summed E-state index contributed by atoms with van der Waals surface area (Å²) < 4.78 is 35.4. The number of carbonyl (C=O) groups is 1. The van der Waals surface area contributed by atoms with E-state index >= 15 is 0 Å². The normalized spacial score (nSPS) is 11.5. The standard InChI is InChI=1S/C14H14N2O7S/c1-15(2)24(20,21)14-6-4-12(23-14)9-22-13-5-3-11(16(18)19)7-10(13)8-17/h3-8H,9H2,1-2H3. The van der Waals surface area contributed by atoms with Gasteiger partial charge < -0.3 is 9.15 Å². The molecule has 0 amide bonds. The van der Waals surface area contributed by atoms with Gasteiger partial charge in [0, 0.05) is 26.2 Å². The quantitative estimate of drug-likeness (QED) is 0.422. The molecule has 9 nitrogen and oxygen atoms in total. The largest absolute Gasteiger partial charge is 0.485 e. The number of nitrogens with zero attached hydrogens (tertiary/aromatic N) is 2. The van der Waals surface area contributed by atoms with E-state index in [0.717, 1.165) is 10.4 Å². The van der Waals surface area contributed by atoms with Crippen LogP contribution in [0.3, 0.4) is 0 Å². The predicted octanol–water partition coefficient (Wildman–Crippen LogP) is 1.83. The van der Waals surface area contributed by atoms with Gasteiger partial charge in [-0.05, 0) is 18.2 Å². The molecule has 0 radical (unpaired) electrons. The highest BCUT2D eigenvalue weighted by Crippen LogP contribution is 2.24. The van der Waals surface area contributed by atoms with Crippen molar-refractivity contribution in [1.82, 2.24) is 4.31 Å². The van der Waals surface area contributed by atoms with E-state index in [2.05, 4.69) is 0 Å². The third kappa shape index (κ3) is 3.60. The van der Waals surface area contributed by atoms with E-state index in [4.69, 9.17) is 9.15 Å². The summed E-state index contributed by atoms with van der Waals surface area (Å²) in [4.78, 5) is 21.1. The molecule has 0 aliphatic heterocycles. The monoisotopic (exact) mass is 354 g/mol. The lowest BCUT2D eigenvalue weighted by Gasteiger charge is -2.08. The minimum Gasteiger partial charge on any atom is -0.485 e. The van der Waals surface area contributed by atoms with Crippen molar-refractivity contribution in [2.45, 2.75) is 11.7 Å². The van der Waals surface area contributed by atoms with Gasteiger partial charge in [0.1, 0.15) is 18.1 Å². The summed E-state index contributed by atoms with van der Waals surface area (Å²) in [5.41, 5.74) is -0.223. The van der Waals surface area contributed by atoms with E-state index < -0.39 is 14.9 Å². The highest BCUT2D eigenvalue weighted by atomic mass is 32.2. The van der Waals surface area contributed by atoms with Crippen LogP contribution in [-0.4, -0.2) is 38.0 Å². The summed E-state index contributed by atoms with van der Waals surface area (Å²) in [6.07, 6.45) is 0.437. The molecule has 0 atom stereocenters. The molecule has 0 aliphatic rings. The number of hydrogen-bond donors (Lipinski definition) is 0. The third-order valence-corrected chi connectivity index (χ3v) is 4.76. The fourth-order valence-electron chi connectivity index (χ4n) is 1.78. The van der Waals surface area contributed by atoms with Crippen LogP contribution in [0.15, 0.2) is 39.8 Å². The van der Waals surface area contributed by atoms with E-state index in [9.17, 15) is 23.3 Å². The van der Waals surface area contributed by atoms with Gasteiger partial charge in [0.15, 0.2) is 6.29 Å². The smallest absolute Gasteiger partial charge is 0.275 e. The highest BCUT2D eigenvalue weighted by molar-refractivity contribution is 7.88. The first-order valence-electron chi connectivity index (χ1n) is 6.63. The Morgan fingerprint density at radius 2 is 2.00 bits per heavy atom. The Hall–Kier alpha value is -2.72. The van der Waals surface area contributed by atoms with Crippen molar-refractivity contribution in [2.75, 3.05) is 14.1 Å². The van der Waals surface area contributed by atoms with E-state index in [1.807, 2.05) is 0 Å². The van der Waals surface area contributed by atoms with Crippen LogP contribution in [0.25, 0.3) is 0 Å². The second kappa shape index (κ2) is 6.81. The first-order chi connectivity index (χ1) is 11.3. The number of carbonyl (C=O) groups excluding carboxylic acids is 1. The number of furan rings is 1. The summed E-state index contributed by atoms with van der Waals surface area (Å²) in [5.74, 6) is 0.356. The summed E-state index contributed by atoms with van der Waals surface area (Å²) in [7, 11) is -0.935. The molecule has 2 rings (SSSR count). The number of non-ortho nitro benzene ring substituents is 1. The highest BCUT2D eigenvalue weighted by Gasteiger charge is 2.21. The Balaban J connectivity index is 2.16. The van der Waals surface area contributed by atoms with Crippen molar-refractivity contribution in [1.29, 1.82) is 0 Å². The number of benzene rings is 1. The lowest BCUT2D eigenvalue weighted by atomic mass is 10.2. The lowest BCUT2D eigenvalue weighted by Crippen LogP contribution is -2.21. The summed E-state index contributed by atoms with van der Waals surface area (Å²) in [5, 5.41) is 10.5. The SMILES string of the molecule is CN(C)S(=O)(=O)c1ccc(COc2ccc([N+](=O)[O-])cc2C=O)o1. The van der Waals surface area contributed by atoms with Gasteiger partial charge in [0.2, 0.25) is 5.09 Å². The Labute approximate surface area is 137 Å². The van der Waals surface area contributed by atoms with Crippen LogP contribution in [0, 0.1) is 10.1 Å². The van der Waals surface area contributed by atoms with Crippen LogP contribution in [-0.2, 0) is 16.6 Å². The maximum absolute atomic E-state index is 11.9. The zero-order valence-corrected chi connectivity index (χ0v) is 13.6. The van der Waals surface area contributed by atoms with E-state index in [-0.39, 0.29) is 34.5 Å². The van der Waals surface area contributed by atoms with Crippen LogP contribution < -0.4 is 4.74 Å². The second-order valence-electron chi connectivity index (χ2n) is 4.89. The maximum Gasteiger partial charge on any atom is 0.275 e. The van der Waals surface area contributed by atoms with Crippen LogP contribution in [0.4, 0.5) is 5.69 Å². The Morgan fingerprint density at radius 1 is 1.29 bits per heavy atom. The number of nitro benzene ring substituents is 1. The minimum absolute atomic E-state index is 0.0110. The first kappa shape index (κ1) is 17.6. The van der Waals surface area contributed by atoms with Gasteiger partial charge in [-0.15, -0.1) is 0 Å². The molecule has 128 valence electrons. The van der Waals surface area contributed by atoms with Crippen molar-refractivity contribution >= 4 is 22.0 Å². The average Bonchev–Trinajstić information content (AvgIpc) is 3.02. The number of hydrogen-bond acceptors (Lipinski definition) is 7. The molecule has 1 heterocycles. The van der Waals surface area contributed by atoms with Crippen molar-refractivity contribution in [2.24, 2.45) is 0 Å². The molecule has 0 fully saturated rings. The van der Waals surface area contributed by atoms with Gasteiger partial charge in [-0.3, -0.25) is 14.9 Å². The molecule has 1 aromatic carbocycles. The molecule has 0 saturated carbocycles. The number of ether oxygens (including phenoxy) is 1. The molecular weight excluding hydrogens is 340 g/mol. The van der Waals surface area contributed by atoms with Gasteiger partial charge in [0.05, 0.1) is 10.5 Å². The van der Waals surface area contributed by atoms with Crippen molar-refractivity contribution in [3.8, 4) is 5.75 Å². The third-order valence-electron chi connectivity index (χ3n) is 3.07. The molecule has 0 unspecified atom stereocenters. The lowest BCUT2D eigenvalue weighted by molar-refractivity contribution is -0.384. The van der Waals surface area contributed by atoms with Crippen molar-refractivity contribution in [3.05, 3.63) is 51.8 Å². The number of aldehydes is 1. The minimum atomic E-state index is -3.69. The molecule has 0 N–H and O–H groups in total. The van der Waals surface area contributed by atoms with Crippen LogP contribution >= 0.6 is 0 Å². The average molecular weight is 354 g/mol. The predicted molar refractivity (Wildman–Crippen MR) is 82.4 cm³/mol. The Kier molecular flexibility index (Phi) is 5.00. The molecular formula is C14H14N2O7S. The van der Waals surface area contributed by atoms with Gasteiger partial charge >= 0.3 is 0 Å². The van der Waals surface area contributed by atoms with Gasteiger partial charge in [-0.1, -0.05) is 0 Å². The Bertz CT molecular complexity index is 871. The van der Waals surface area contributed by atoms with Gasteiger partial charge in [0.25, 0.3) is 15.7 Å². The first-order valence-corrected chi connectivity index (χ1v) is 8.07. The van der Waals surface area contributed by atoms with Gasteiger partial charge in [-0.2, -0.15) is 0 Å². The maximum atomic E-state index is 11.9. The number of sulfonamides is 1. The van der Waals surface area contributed by atoms with Gasteiger partial charge in [-0.25, -0.2) is 12.7 Å². The molecule has 0 bridgehead atoms. The fraction of sp³-hybridized carbons (Fsp3) is 0.214. The number of rotatable bonds is 7. The topological polar surface area (TPSA) is 120 Å². The molecule has 24 heavy (non-hydrogen) atoms. The number of nitro groups is 1. The molecule has 2 aromatic rings. The molecule has 1 aromatic heterocycles. The molecule has 0 spiro atoms. The zero-order valence-electron chi connectivity index (χ0n) is 12.8. The Morgan fingerprint density at radius 3 is 2.58 bits per heavy atom. The summed E-state index contributed by atoms with van der Waals surface area (Å²) in [6.45, 7) is -0.137. The molecule has 10 heteroatoms. The van der Waals surface area contributed by atoms with Crippen molar-refractivity contribution in [3.63, 3.8) is 0 Å².